The van der Waals surface area contributed by atoms with E-state index < -0.39 is 5.97 Å². The van der Waals surface area contributed by atoms with E-state index in [1.54, 1.807) is 7.11 Å². The number of methoxy groups -OCH3 is 1. The number of carboxylic acid groups (broad SMARTS) is 1. The van der Waals surface area contributed by atoms with Gasteiger partial charge >= 0.3 is 5.97 Å². The summed E-state index contributed by atoms with van der Waals surface area (Å²) in [5, 5.41) is 8.49. The summed E-state index contributed by atoms with van der Waals surface area (Å²) in [4.78, 5) is 10.3. The molecule has 0 aliphatic carbocycles. The lowest BCUT2D eigenvalue weighted by Crippen LogP contribution is -1.93. The van der Waals surface area contributed by atoms with Crippen molar-refractivity contribution in [1.29, 1.82) is 0 Å². The minimum atomic E-state index is -0.709. The van der Waals surface area contributed by atoms with Crippen molar-refractivity contribution in [2.24, 2.45) is 0 Å². The molecule has 0 aliphatic rings. The summed E-state index contributed by atoms with van der Waals surface area (Å²) in [7, 11) is 1.67. The topological polar surface area (TPSA) is 46.5 Å². The third kappa shape index (κ3) is 5.53. The van der Waals surface area contributed by atoms with E-state index in [0.717, 1.165) is 37.0 Å². The quantitative estimate of drug-likeness (QED) is 0.713. The highest BCUT2D eigenvalue weighted by atomic mass is 16.5. The second kappa shape index (κ2) is 8.34. The number of carboxylic acids is 1. The van der Waals surface area contributed by atoms with Gasteiger partial charge in [-0.1, -0.05) is 36.8 Å². The van der Waals surface area contributed by atoms with Crippen LogP contribution in [0.15, 0.2) is 30.3 Å². The number of carbonyl (C=O) groups is 1. The van der Waals surface area contributed by atoms with Gasteiger partial charge in [0.05, 0.1) is 7.11 Å². The lowest BCUT2D eigenvalue weighted by atomic mass is 10.1. The van der Waals surface area contributed by atoms with Crippen LogP contribution in [-0.2, 0) is 4.79 Å². The number of benzene rings is 1. The fraction of sp³-hybridized carbons (Fsp3) is 0.400. The number of para-hydroxylation sites is 1. The molecular formula is C15H20O3. The van der Waals surface area contributed by atoms with Gasteiger partial charge in [-0.2, -0.15) is 0 Å². The van der Waals surface area contributed by atoms with Crippen molar-refractivity contribution in [3.05, 3.63) is 35.9 Å². The SMILES string of the molecule is COc1ccccc1/C=C/CCCCCC(=O)O. The fourth-order valence-electron chi connectivity index (χ4n) is 1.73. The predicted octanol–water partition coefficient (Wildman–Crippen LogP) is 3.74. The molecule has 0 saturated carbocycles. The molecule has 1 aromatic rings. The molecule has 0 fully saturated rings. The minimum absolute atomic E-state index is 0.274. The van der Waals surface area contributed by atoms with Crippen molar-refractivity contribution in [3.8, 4) is 5.75 Å². The predicted molar refractivity (Wildman–Crippen MR) is 72.7 cm³/mol. The standard InChI is InChI=1S/C15H20O3/c1-18-14-11-8-7-10-13(14)9-5-3-2-4-6-12-15(16)17/h5,7-11H,2-4,6,12H2,1H3,(H,16,17)/b9-5+. The van der Waals surface area contributed by atoms with Crippen LogP contribution in [0.5, 0.6) is 5.75 Å². The van der Waals surface area contributed by atoms with Gasteiger partial charge < -0.3 is 9.84 Å². The zero-order chi connectivity index (χ0) is 13.2. The van der Waals surface area contributed by atoms with E-state index in [-0.39, 0.29) is 6.42 Å². The Bertz CT molecular complexity index is 396. The summed E-state index contributed by atoms with van der Waals surface area (Å²) >= 11 is 0. The van der Waals surface area contributed by atoms with Gasteiger partial charge in [-0.25, -0.2) is 0 Å². The van der Waals surface area contributed by atoms with E-state index >= 15 is 0 Å². The molecule has 1 N–H and O–H groups in total. The van der Waals surface area contributed by atoms with Gasteiger partial charge in [0.1, 0.15) is 5.75 Å². The van der Waals surface area contributed by atoms with Crippen LogP contribution in [0.4, 0.5) is 0 Å². The number of ether oxygens (including phenoxy) is 1. The second-order valence-corrected chi connectivity index (χ2v) is 4.14. The summed E-state index contributed by atoms with van der Waals surface area (Å²) < 4.78 is 5.25. The van der Waals surface area contributed by atoms with Crippen LogP contribution >= 0.6 is 0 Å². The van der Waals surface area contributed by atoms with Crippen LogP contribution in [0.25, 0.3) is 6.08 Å². The first-order chi connectivity index (χ1) is 8.74. The lowest BCUT2D eigenvalue weighted by molar-refractivity contribution is -0.137. The van der Waals surface area contributed by atoms with Crippen LogP contribution in [0.2, 0.25) is 0 Å². The number of hydrogen-bond acceptors (Lipinski definition) is 2. The van der Waals surface area contributed by atoms with Gasteiger partial charge in [0.15, 0.2) is 0 Å². The molecule has 0 heterocycles. The molecular weight excluding hydrogens is 228 g/mol. The molecule has 1 aromatic carbocycles. The van der Waals surface area contributed by atoms with Crippen molar-refractivity contribution >= 4 is 12.0 Å². The van der Waals surface area contributed by atoms with Crippen molar-refractivity contribution in [3.63, 3.8) is 0 Å². The van der Waals surface area contributed by atoms with E-state index in [1.807, 2.05) is 24.3 Å². The summed E-state index contributed by atoms with van der Waals surface area (Å²) in [5.74, 6) is 0.166. The summed E-state index contributed by atoms with van der Waals surface area (Å²) in [6.45, 7) is 0. The number of unbranched alkanes of at least 4 members (excludes halogenated alkanes) is 3. The Kier molecular flexibility index (Phi) is 6.62. The Morgan fingerprint density at radius 2 is 2.06 bits per heavy atom. The zero-order valence-electron chi connectivity index (χ0n) is 10.8. The van der Waals surface area contributed by atoms with E-state index in [4.69, 9.17) is 9.84 Å². The number of rotatable bonds is 8. The molecule has 0 spiro atoms. The van der Waals surface area contributed by atoms with Crippen LogP contribution in [0, 0.1) is 0 Å². The molecule has 0 saturated heterocycles. The van der Waals surface area contributed by atoms with Gasteiger partial charge in [-0.05, 0) is 25.3 Å². The van der Waals surface area contributed by atoms with E-state index in [9.17, 15) is 4.79 Å². The molecule has 0 radical (unpaired) electrons. The molecule has 0 unspecified atom stereocenters. The highest BCUT2D eigenvalue weighted by Crippen LogP contribution is 2.19. The second-order valence-electron chi connectivity index (χ2n) is 4.14. The van der Waals surface area contributed by atoms with Gasteiger partial charge in [0.2, 0.25) is 0 Å². The van der Waals surface area contributed by atoms with Gasteiger partial charge in [-0.3, -0.25) is 4.79 Å². The first kappa shape index (κ1) is 14.3. The molecule has 0 atom stereocenters. The largest absolute Gasteiger partial charge is 0.496 e. The molecule has 1 rings (SSSR count). The van der Waals surface area contributed by atoms with Gasteiger partial charge in [0.25, 0.3) is 0 Å². The normalized spacial score (nSPS) is 10.7. The third-order valence-corrected chi connectivity index (χ3v) is 2.70. The number of allylic oxidation sites excluding steroid dienone is 1. The molecule has 98 valence electrons. The Balaban J connectivity index is 2.26. The maximum atomic E-state index is 10.3. The molecule has 0 aliphatic heterocycles. The highest BCUT2D eigenvalue weighted by Gasteiger charge is 1.97. The molecule has 3 heteroatoms. The minimum Gasteiger partial charge on any atom is -0.496 e. The first-order valence-corrected chi connectivity index (χ1v) is 6.25. The van der Waals surface area contributed by atoms with Crippen LogP contribution < -0.4 is 4.74 Å². The molecule has 0 bridgehead atoms. The van der Waals surface area contributed by atoms with E-state index in [0.29, 0.717) is 0 Å². The maximum absolute atomic E-state index is 10.3. The molecule has 0 aromatic heterocycles. The Morgan fingerprint density at radius 1 is 1.28 bits per heavy atom. The van der Waals surface area contributed by atoms with Crippen molar-refractivity contribution in [1.82, 2.24) is 0 Å². The van der Waals surface area contributed by atoms with Crippen LogP contribution in [0.3, 0.4) is 0 Å². The highest BCUT2D eigenvalue weighted by molar-refractivity contribution is 5.66. The first-order valence-electron chi connectivity index (χ1n) is 6.25. The van der Waals surface area contributed by atoms with Crippen molar-refractivity contribution in [2.45, 2.75) is 32.1 Å². The van der Waals surface area contributed by atoms with Gasteiger partial charge in [0, 0.05) is 12.0 Å². The van der Waals surface area contributed by atoms with Crippen LogP contribution in [-0.4, -0.2) is 18.2 Å². The molecule has 3 nitrogen and oxygen atoms in total. The summed E-state index contributed by atoms with van der Waals surface area (Å²) in [6.07, 6.45) is 8.15. The molecule has 0 amide bonds. The lowest BCUT2D eigenvalue weighted by Gasteiger charge is -2.03. The number of hydrogen-bond donors (Lipinski definition) is 1. The zero-order valence-corrected chi connectivity index (χ0v) is 10.8. The van der Waals surface area contributed by atoms with E-state index in [1.165, 1.54) is 0 Å². The van der Waals surface area contributed by atoms with Crippen molar-refractivity contribution < 1.29 is 14.6 Å². The van der Waals surface area contributed by atoms with E-state index in [2.05, 4.69) is 12.2 Å². The Hall–Kier alpha value is -1.77. The summed E-state index contributed by atoms with van der Waals surface area (Å²) in [5.41, 5.74) is 1.07. The monoisotopic (exact) mass is 248 g/mol. The fourth-order valence-corrected chi connectivity index (χ4v) is 1.73. The van der Waals surface area contributed by atoms with Gasteiger partial charge in [-0.15, -0.1) is 0 Å². The third-order valence-electron chi connectivity index (χ3n) is 2.70. The summed E-state index contributed by atoms with van der Waals surface area (Å²) in [6, 6.07) is 7.88. The Morgan fingerprint density at radius 3 is 2.78 bits per heavy atom. The average molecular weight is 248 g/mol. The molecule has 18 heavy (non-hydrogen) atoms. The smallest absolute Gasteiger partial charge is 0.303 e. The van der Waals surface area contributed by atoms with Crippen LogP contribution in [0.1, 0.15) is 37.7 Å². The Labute approximate surface area is 108 Å². The average Bonchev–Trinajstić information content (AvgIpc) is 2.37. The van der Waals surface area contributed by atoms with Crippen molar-refractivity contribution in [2.75, 3.05) is 7.11 Å². The maximum Gasteiger partial charge on any atom is 0.303 e. The number of aliphatic carboxylic acids is 1.